The third-order valence-corrected chi connectivity index (χ3v) is 4.89. The number of hydrogen-bond acceptors (Lipinski definition) is 4. The molecule has 0 spiro atoms. The standard InChI is InChI=1S/C21H18ClFN4O/c1-13-11-18(20(28)27-10-4-6-14-5-2-3-7-19(14)27)26-21(24-13)25-15-8-9-17(23)16(22)12-15/h2-3,5,7-9,11-12H,4,6,10H2,1H3,(H,24,25,26). The number of nitrogens with one attached hydrogen (secondary N) is 1. The van der Waals surface area contributed by atoms with Gasteiger partial charge < -0.3 is 10.2 Å². The third-order valence-electron chi connectivity index (χ3n) is 4.60. The lowest BCUT2D eigenvalue weighted by molar-refractivity contribution is 0.0980. The van der Waals surface area contributed by atoms with Gasteiger partial charge in [0, 0.05) is 23.6 Å². The molecular formula is C21H18ClFN4O. The molecule has 142 valence electrons. The van der Waals surface area contributed by atoms with Gasteiger partial charge in [0.2, 0.25) is 5.95 Å². The van der Waals surface area contributed by atoms with Crippen LogP contribution >= 0.6 is 11.6 Å². The highest BCUT2D eigenvalue weighted by atomic mass is 35.5. The van der Waals surface area contributed by atoms with Gasteiger partial charge in [0.05, 0.1) is 5.02 Å². The Bertz CT molecular complexity index is 1060. The molecule has 0 aliphatic carbocycles. The molecule has 1 N–H and O–H groups in total. The van der Waals surface area contributed by atoms with Gasteiger partial charge in [0.25, 0.3) is 5.91 Å². The summed E-state index contributed by atoms with van der Waals surface area (Å²) in [5.74, 6) is -0.411. The molecule has 0 saturated carbocycles. The molecule has 1 aliphatic heterocycles. The fraction of sp³-hybridized carbons (Fsp3) is 0.190. The first-order valence-electron chi connectivity index (χ1n) is 8.99. The summed E-state index contributed by atoms with van der Waals surface area (Å²) in [5.41, 5.74) is 3.58. The van der Waals surface area contributed by atoms with E-state index in [1.54, 1.807) is 17.9 Å². The van der Waals surface area contributed by atoms with E-state index in [-0.39, 0.29) is 16.9 Å². The zero-order valence-corrected chi connectivity index (χ0v) is 16.0. The first-order chi connectivity index (χ1) is 13.5. The van der Waals surface area contributed by atoms with Crippen molar-refractivity contribution in [1.29, 1.82) is 0 Å². The smallest absolute Gasteiger partial charge is 0.277 e. The van der Waals surface area contributed by atoms with E-state index in [0.717, 1.165) is 24.1 Å². The number of amides is 1. The van der Waals surface area contributed by atoms with Crippen LogP contribution in [0.4, 0.5) is 21.7 Å². The number of rotatable bonds is 3. The molecule has 0 unspecified atom stereocenters. The van der Waals surface area contributed by atoms with Crippen LogP contribution in [0.15, 0.2) is 48.5 Å². The van der Waals surface area contributed by atoms with E-state index in [2.05, 4.69) is 15.3 Å². The molecule has 0 radical (unpaired) electrons. The minimum absolute atomic E-state index is 0.00104. The van der Waals surface area contributed by atoms with Gasteiger partial charge in [0.1, 0.15) is 11.5 Å². The lowest BCUT2D eigenvalue weighted by atomic mass is 10.0. The van der Waals surface area contributed by atoms with E-state index in [1.165, 1.54) is 18.2 Å². The Morgan fingerprint density at radius 2 is 2.00 bits per heavy atom. The Morgan fingerprint density at radius 1 is 1.18 bits per heavy atom. The molecule has 2 aromatic carbocycles. The summed E-state index contributed by atoms with van der Waals surface area (Å²) in [6.07, 6.45) is 1.87. The third kappa shape index (κ3) is 3.68. The van der Waals surface area contributed by atoms with Gasteiger partial charge >= 0.3 is 0 Å². The van der Waals surface area contributed by atoms with Crippen LogP contribution < -0.4 is 10.2 Å². The van der Waals surface area contributed by atoms with Gasteiger partial charge in [-0.15, -0.1) is 0 Å². The number of carbonyl (C=O) groups is 1. The number of aryl methyl sites for hydroxylation is 2. The highest BCUT2D eigenvalue weighted by Gasteiger charge is 2.24. The van der Waals surface area contributed by atoms with Crippen molar-refractivity contribution in [3.8, 4) is 0 Å². The predicted molar refractivity (Wildman–Crippen MR) is 108 cm³/mol. The van der Waals surface area contributed by atoms with Gasteiger partial charge in [-0.05, 0) is 55.7 Å². The van der Waals surface area contributed by atoms with Crippen LogP contribution in [0, 0.1) is 12.7 Å². The number of nitrogens with zero attached hydrogens (tertiary/aromatic N) is 3. The SMILES string of the molecule is Cc1cc(C(=O)N2CCCc3ccccc32)nc(Nc2ccc(F)c(Cl)c2)n1. The van der Waals surface area contributed by atoms with Crippen LogP contribution in [0.3, 0.4) is 0 Å². The van der Waals surface area contributed by atoms with Crippen molar-refractivity contribution in [1.82, 2.24) is 9.97 Å². The minimum Gasteiger partial charge on any atom is -0.324 e. The number of fused-ring (bicyclic) bond motifs is 1. The Morgan fingerprint density at radius 3 is 2.82 bits per heavy atom. The molecule has 4 rings (SSSR count). The first-order valence-corrected chi connectivity index (χ1v) is 9.36. The van der Waals surface area contributed by atoms with E-state index >= 15 is 0 Å². The molecule has 2 heterocycles. The van der Waals surface area contributed by atoms with Crippen LogP contribution in [0.5, 0.6) is 0 Å². The zero-order chi connectivity index (χ0) is 19.7. The Labute approximate surface area is 167 Å². The lowest BCUT2D eigenvalue weighted by Crippen LogP contribution is -2.36. The second kappa shape index (κ2) is 7.56. The summed E-state index contributed by atoms with van der Waals surface area (Å²) in [5, 5.41) is 2.99. The highest BCUT2D eigenvalue weighted by molar-refractivity contribution is 6.31. The molecule has 1 amide bonds. The Kier molecular flexibility index (Phi) is 4.96. The minimum atomic E-state index is -0.503. The maximum atomic E-state index is 13.4. The van der Waals surface area contributed by atoms with Crippen LogP contribution in [0.1, 0.15) is 28.2 Å². The number of carbonyl (C=O) groups excluding carboxylic acids is 1. The quantitative estimate of drug-likeness (QED) is 0.683. The average Bonchev–Trinajstić information content (AvgIpc) is 2.69. The summed E-state index contributed by atoms with van der Waals surface area (Å²) in [4.78, 5) is 23.6. The molecule has 0 fully saturated rings. The fourth-order valence-electron chi connectivity index (χ4n) is 3.32. The monoisotopic (exact) mass is 396 g/mol. The van der Waals surface area contributed by atoms with Crippen molar-refractivity contribution in [2.24, 2.45) is 0 Å². The normalized spacial score (nSPS) is 13.2. The van der Waals surface area contributed by atoms with E-state index in [4.69, 9.17) is 11.6 Å². The largest absolute Gasteiger partial charge is 0.324 e. The fourth-order valence-corrected chi connectivity index (χ4v) is 3.50. The average molecular weight is 397 g/mol. The zero-order valence-electron chi connectivity index (χ0n) is 15.2. The van der Waals surface area contributed by atoms with Gasteiger partial charge in [-0.25, -0.2) is 14.4 Å². The van der Waals surface area contributed by atoms with Crippen molar-refractivity contribution >= 4 is 34.8 Å². The molecule has 1 aromatic heterocycles. The summed E-state index contributed by atoms with van der Waals surface area (Å²) in [6, 6.07) is 13.8. The number of halogens is 2. The topological polar surface area (TPSA) is 58.1 Å². The Balaban J connectivity index is 1.64. The van der Waals surface area contributed by atoms with E-state index in [9.17, 15) is 9.18 Å². The number of anilines is 3. The van der Waals surface area contributed by atoms with Crippen molar-refractivity contribution in [2.45, 2.75) is 19.8 Å². The molecule has 5 nitrogen and oxygen atoms in total. The molecule has 1 aliphatic rings. The van der Waals surface area contributed by atoms with Gasteiger partial charge in [-0.3, -0.25) is 4.79 Å². The second-order valence-electron chi connectivity index (χ2n) is 6.66. The van der Waals surface area contributed by atoms with Crippen LogP contribution in [0.2, 0.25) is 5.02 Å². The molecule has 3 aromatic rings. The van der Waals surface area contributed by atoms with Crippen LogP contribution in [-0.4, -0.2) is 22.4 Å². The first kappa shape index (κ1) is 18.4. The summed E-state index contributed by atoms with van der Waals surface area (Å²) in [6.45, 7) is 2.45. The van der Waals surface area contributed by atoms with E-state index in [1.807, 2.05) is 24.3 Å². The molecular weight excluding hydrogens is 379 g/mol. The molecule has 0 saturated heterocycles. The number of aromatic nitrogens is 2. The molecule has 0 bridgehead atoms. The van der Waals surface area contributed by atoms with Crippen molar-refractivity contribution in [3.63, 3.8) is 0 Å². The predicted octanol–water partition coefficient (Wildman–Crippen LogP) is 4.91. The maximum Gasteiger partial charge on any atom is 0.277 e. The Hall–Kier alpha value is -2.99. The van der Waals surface area contributed by atoms with Crippen molar-refractivity contribution in [3.05, 3.63) is 76.3 Å². The summed E-state index contributed by atoms with van der Waals surface area (Å²) in [7, 11) is 0. The molecule has 7 heteroatoms. The van der Waals surface area contributed by atoms with E-state index in [0.29, 0.717) is 23.6 Å². The van der Waals surface area contributed by atoms with Gasteiger partial charge in [-0.1, -0.05) is 29.8 Å². The highest BCUT2D eigenvalue weighted by Crippen LogP contribution is 2.28. The van der Waals surface area contributed by atoms with Gasteiger partial charge in [-0.2, -0.15) is 0 Å². The summed E-state index contributed by atoms with van der Waals surface area (Å²) < 4.78 is 13.4. The van der Waals surface area contributed by atoms with Crippen molar-refractivity contribution < 1.29 is 9.18 Å². The maximum absolute atomic E-state index is 13.4. The number of para-hydroxylation sites is 1. The molecule has 0 atom stereocenters. The lowest BCUT2D eigenvalue weighted by Gasteiger charge is -2.29. The number of hydrogen-bond donors (Lipinski definition) is 1. The van der Waals surface area contributed by atoms with Crippen LogP contribution in [-0.2, 0) is 6.42 Å². The van der Waals surface area contributed by atoms with E-state index < -0.39 is 5.82 Å². The van der Waals surface area contributed by atoms with Gasteiger partial charge in [0.15, 0.2) is 0 Å². The second-order valence-corrected chi connectivity index (χ2v) is 7.07. The van der Waals surface area contributed by atoms with Crippen molar-refractivity contribution in [2.75, 3.05) is 16.8 Å². The van der Waals surface area contributed by atoms with Crippen LogP contribution in [0.25, 0.3) is 0 Å². The number of benzene rings is 2. The summed E-state index contributed by atoms with van der Waals surface area (Å²) >= 11 is 5.83. The molecule has 28 heavy (non-hydrogen) atoms.